The molecular formula is C25H21ClN2O5S. The van der Waals surface area contributed by atoms with Crippen molar-refractivity contribution >= 4 is 44.9 Å². The Morgan fingerprint density at radius 1 is 1.12 bits per heavy atom. The van der Waals surface area contributed by atoms with Crippen LogP contribution >= 0.6 is 22.9 Å². The van der Waals surface area contributed by atoms with Crippen LogP contribution in [0.4, 0.5) is 5.13 Å². The summed E-state index contributed by atoms with van der Waals surface area (Å²) in [6.45, 7) is 5.63. The lowest BCUT2D eigenvalue weighted by Crippen LogP contribution is -2.29. The Morgan fingerprint density at radius 2 is 1.88 bits per heavy atom. The van der Waals surface area contributed by atoms with Crippen molar-refractivity contribution < 1.29 is 18.7 Å². The molecule has 0 saturated carbocycles. The summed E-state index contributed by atoms with van der Waals surface area (Å²) in [7, 11) is 3.05. The van der Waals surface area contributed by atoms with E-state index in [1.54, 1.807) is 30.3 Å². The van der Waals surface area contributed by atoms with Gasteiger partial charge in [0.1, 0.15) is 11.6 Å². The Hall–Kier alpha value is -3.36. The lowest BCUT2D eigenvalue weighted by atomic mass is 9.97. The molecule has 5 rings (SSSR count). The summed E-state index contributed by atoms with van der Waals surface area (Å²) in [6, 6.07) is 7.79. The SMILES string of the molecule is COc1cccc(C2c3c(oc4cc(C)c(Cl)cc4c3=O)C(=O)N2c2nc(C)c(C)s2)c1OC. The van der Waals surface area contributed by atoms with E-state index in [0.29, 0.717) is 38.2 Å². The number of anilines is 1. The first kappa shape index (κ1) is 22.4. The molecule has 0 spiro atoms. The number of thiazole rings is 1. The van der Waals surface area contributed by atoms with E-state index in [1.165, 1.54) is 30.5 Å². The minimum atomic E-state index is -0.821. The molecule has 0 radical (unpaired) electrons. The molecule has 174 valence electrons. The van der Waals surface area contributed by atoms with E-state index in [-0.39, 0.29) is 16.8 Å². The third kappa shape index (κ3) is 3.20. The first-order valence-corrected chi connectivity index (χ1v) is 11.7. The average Bonchev–Trinajstić information content (AvgIpc) is 3.30. The molecule has 1 amide bonds. The Morgan fingerprint density at radius 3 is 2.53 bits per heavy atom. The molecule has 3 heterocycles. The van der Waals surface area contributed by atoms with Crippen molar-refractivity contribution in [2.45, 2.75) is 26.8 Å². The number of methoxy groups -OCH3 is 2. The number of hydrogen-bond donors (Lipinski definition) is 0. The van der Waals surface area contributed by atoms with E-state index in [9.17, 15) is 9.59 Å². The van der Waals surface area contributed by atoms with Crippen molar-refractivity contribution in [1.29, 1.82) is 0 Å². The lowest BCUT2D eigenvalue weighted by molar-refractivity contribution is 0.0970. The van der Waals surface area contributed by atoms with Gasteiger partial charge in [0.2, 0.25) is 5.76 Å². The standard InChI is InChI=1S/C25H21ClN2O5S/c1-11-9-18-15(10-16(11)26)21(29)19-20(14-7-6-8-17(31-4)22(14)32-5)28(24(30)23(19)33-18)25-27-12(2)13(3)34-25/h6-10,20H,1-5H3. The Labute approximate surface area is 204 Å². The number of aryl methyl sites for hydroxylation is 3. The van der Waals surface area contributed by atoms with Crippen LogP contribution < -0.4 is 19.8 Å². The highest BCUT2D eigenvalue weighted by Gasteiger charge is 2.46. The van der Waals surface area contributed by atoms with E-state index in [0.717, 1.165) is 16.1 Å². The van der Waals surface area contributed by atoms with Gasteiger partial charge in [0, 0.05) is 15.5 Å². The quantitative estimate of drug-likeness (QED) is 0.366. The van der Waals surface area contributed by atoms with Crippen molar-refractivity contribution in [1.82, 2.24) is 4.98 Å². The molecule has 1 atom stereocenters. The summed E-state index contributed by atoms with van der Waals surface area (Å²) < 4.78 is 17.2. The molecule has 0 fully saturated rings. The van der Waals surface area contributed by atoms with Crippen molar-refractivity contribution in [3.8, 4) is 11.5 Å². The molecule has 0 bridgehead atoms. The molecule has 1 unspecified atom stereocenters. The van der Waals surface area contributed by atoms with Crippen LogP contribution in [0, 0.1) is 20.8 Å². The number of benzene rings is 2. The van der Waals surface area contributed by atoms with Crippen LogP contribution in [0.3, 0.4) is 0 Å². The number of rotatable bonds is 4. The second-order valence-corrected chi connectivity index (χ2v) is 9.66. The highest BCUT2D eigenvalue weighted by atomic mass is 35.5. The molecule has 2 aromatic heterocycles. The van der Waals surface area contributed by atoms with Crippen LogP contribution in [-0.2, 0) is 0 Å². The molecule has 2 aromatic carbocycles. The van der Waals surface area contributed by atoms with E-state index < -0.39 is 11.9 Å². The van der Waals surface area contributed by atoms with E-state index in [2.05, 4.69) is 4.98 Å². The topological polar surface area (TPSA) is 81.9 Å². The van der Waals surface area contributed by atoms with Gasteiger partial charge < -0.3 is 13.9 Å². The van der Waals surface area contributed by atoms with Gasteiger partial charge in [-0.1, -0.05) is 23.7 Å². The number of ether oxygens (including phenoxy) is 2. The van der Waals surface area contributed by atoms with Crippen LogP contribution in [0.25, 0.3) is 11.0 Å². The molecule has 0 aliphatic carbocycles. The zero-order chi connectivity index (χ0) is 24.3. The number of para-hydroxylation sites is 1. The van der Waals surface area contributed by atoms with Gasteiger partial charge in [-0.3, -0.25) is 14.5 Å². The highest BCUT2D eigenvalue weighted by Crippen LogP contribution is 2.47. The molecule has 1 aliphatic heterocycles. The number of hydrogen-bond acceptors (Lipinski definition) is 7. The predicted octanol–water partition coefficient (Wildman–Crippen LogP) is 5.60. The third-order valence-corrected chi connectivity index (χ3v) is 7.58. The van der Waals surface area contributed by atoms with Gasteiger partial charge in [0.25, 0.3) is 5.91 Å². The number of aromatic nitrogens is 1. The molecule has 9 heteroatoms. The highest BCUT2D eigenvalue weighted by molar-refractivity contribution is 7.15. The fraction of sp³-hybridized carbons (Fsp3) is 0.240. The number of amides is 1. The molecule has 1 aliphatic rings. The monoisotopic (exact) mass is 496 g/mol. The minimum absolute atomic E-state index is 0.0143. The largest absolute Gasteiger partial charge is 0.493 e. The van der Waals surface area contributed by atoms with Gasteiger partial charge in [0.15, 0.2) is 22.1 Å². The zero-order valence-corrected chi connectivity index (χ0v) is 20.8. The molecule has 0 N–H and O–H groups in total. The van der Waals surface area contributed by atoms with Crippen LogP contribution in [0.15, 0.2) is 39.5 Å². The maximum Gasteiger partial charge on any atom is 0.297 e. The number of halogens is 1. The van der Waals surface area contributed by atoms with Crippen molar-refractivity contribution in [2.75, 3.05) is 19.1 Å². The smallest absolute Gasteiger partial charge is 0.297 e. The van der Waals surface area contributed by atoms with Gasteiger partial charge in [-0.15, -0.1) is 11.3 Å². The molecule has 0 saturated heterocycles. The van der Waals surface area contributed by atoms with Gasteiger partial charge >= 0.3 is 0 Å². The van der Waals surface area contributed by atoms with Crippen LogP contribution in [0.2, 0.25) is 5.02 Å². The van der Waals surface area contributed by atoms with Gasteiger partial charge in [-0.2, -0.15) is 0 Å². The summed E-state index contributed by atoms with van der Waals surface area (Å²) in [5.74, 6) is 0.452. The van der Waals surface area contributed by atoms with Crippen LogP contribution in [-0.4, -0.2) is 25.1 Å². The van der Waals surface area contributed by atoms with Gasteiger partial charge in [-0.05, 0) is 44.5 Å². The van der Waals surface area contributed by atoms with E-state index in [1.807, 2.05) is 20.8 Å². The summed E-state index contributed by atoms with van der Waals surface area (Å²) >= 11 is 7.70. The number of carbonyl (C=O) groups is 1. The fourth-order valence-corrected chi connectivity index (χ4v) is 5.37. The maximum absolute atomic E-state index is 13.8. The second kappa shape index (κ2) is 8.14. The molecular weight excluding hydrogens is 476 g/mol. The van der Waals surface area contributed by atoms with Gasteiger partial charge in [-0.25, -0.2) is 4.98 Å². The number of carbonyl (C=O) groups excluding carboxylic acids is 1. The second-order valence-electron chi connectivity index (χ2n) is 8.07. The zero-order valence-electron chi connectivity index (χ0n) is 19.2. The van der Waals surface area contributed by atoms with Crippen molar-refractivity contribution in [3.05, 3.63) is 78.6 Å². The average molecular weight is 497 g/mol. The van der Waals surface area contributed by atoms with Gasteiger partial charge in [0.05, 0.1) is 30.9 Å². The van der Waals surface area contributed by atoms with Crippen molar-refractivity contribution in [2.24, 2.45) is 0 Å². The van der Waals surface area contributed by atoms with E-state index >= 15 is 0 Å². The predicted molar refractivity (Wildman–Crippen MR) is 132 cm³/mol. The normalized spacial score (nSPS) is 15.2. The number of fused-ring (bicyclic) bond motifs is 2. The molecule has 4 aromatic rings. The molecule has 34 heavy (non-hydrogen) atoms. The third-order valence-electron chi connectivity index (χ3n) is 6.10. The number of nitrogens with zero attached hydrogens (tertiary/aromatic N) is 2. The Kier molecular flexibility index (Phi) is 5.37. The maximum atomic E-state index is 13.8. The summed E-state index contributed by atoms with van der Waals surface area (Å²) in [4.78, 5) is 34.7. The summed E-state index contributed by atoms with van der Waals surface area (Å²) in [5.41, 5.74) is 2.35. The minimum Gasteiger partial charge on any atom is -0.493 e. The fourth-order valence-electron chi connectivity index (χ4n) is 4.27. The Balaban J connectivity index is 1.87. The summed E-state index contributed by atoms with van der Waals surface area (Å²) in [5, 5.41) is 1.23. The Bertz CT molecular complexity index is 1520. The van der Waals surface area contributed by atoms with Crippen LogP contribution in [0.1, 0.15) is 43.9 Å². The summed E-state index contributed by atoms with van der Waals surface area (Å²) in [6.07, 6.45) is 0. The molecule has 7 nitrogen and oxygen atoms in total. The first-order valence-electron chi connectivity index (χ1n) is 10.5. The lowest BCUT2D eigenvalue weighted by Gasteiger charge is -2.25. The van der Waals surface area contributed by atoms with E-state index in [4.69, 9.17) is 25.5 Å². The first-order chi connectivity index (χ1) is 16.3. The van der Waals surface area contributed by atoms with Crippen molar-refractivity contribution in [3.63, 3.8) is 0 Å². The van der Waals surface area contributed by atoms with Crippen LogP contribution in [0.5, 0.6) is 11.5 Å².